The van der Waals surface area contributed by atoms with Gasteiger partial charge in [0.15, 0.2) is 0 Å². The first-order valence-electron chi connectivity index (χ1n) is 12.4. The van der Waals surface area contributed by atoms with E-state index in [0.29, 0.717) is 12.5 Å². The molecule has 2 aromatic carbocycles. The number of anilines is 1. The topological polar surface area (TPSA) is 36.0 Å². The monoisotopic (exact) mass is 431 g/mol. The van der Waals surface area contributed by atoms with Crippen LogP contribution < -0.4 is 4.90 Å². The minimum absolute atomic E-state index is 0.156. The summed E-state index contributed by atoms with van der Waals surface area (Å²) in [7, 11) is 0. The van der Waals surface area contributed by atoms with Crippen LogP contribution in [0.4, 0.5) is 10.5 Å². The van der Waals surface area contributed by atoms with Crippen molar-refractivity contribution in [3.63, 3.8) is 0 Å². The van der Waals surface area contributed by atoms with Crippen molar-refractivity contribution in [2.75, 3.05) is 37.6 Å². The van der Waals surface area contributed by atoms with E-state index >= 15 is 0 Å². The number of carbonyl (C=O) groups is 1. The van der Waals surface area contributed by atoms with E-state index < -0.39 is 0 Å². The Kier molecular flexibility index (Phi) is 5.30. The normalized spacial score (nSPS) is 25.4. The van der Waals surface area contributed by atoms with Crippen LogP contribution in [-0.4, -0.2) is 54.7 Å². The number of rotatable bonds is 4. The number of ether oxygens (including phenoxy) is 1. The summed E-state index contributed by atoms with van der Waals surface area (Å²) in [6, 6.07) is 18.0. The SMILES string of the molecule is O=C(OCc1ccccc1)N1CC[C@H]2C[C@@H]1c1cc(N3CCN(C4CCC4)CC3)ccc12. The largest absolute Gasteiger partial charge is 0.445 e. The van der Waals surface area contributed by atoms with E-state index in [2.05, 4.69) is 28.0 Å². The standard InChI is InChI=1S/C27H33N3O2/c31-27(32-19-20-5-2-1-3-6-20)30-12-11-21-17-26(30)25-18-23(9-10-24(21)25)29-15-13-28(14-16-29)22-7-4-8-22/h1-3,5-6,9-10,18,21-22,26H,4,7-8,11-17,19H2/t21-,26+/m0/s1. The molecule has 1 saturated carbocycles. The summed E-state index contributed by atoms with van der Waals surface area (Å²) in [6.45, 7) is 5.67. The number of hydrogen-bond donors (Lipinski definition) is 0. The molecule has 0 radical (unpaired) electrons. The summed E-state index contributed by atoms with van der Waals surface area (Å²) in [6.07, 6.45) is 6.07. The molecule has 0 unspecified atom stereocenters. The van der Waals surface area contributed by atoms with Gasteiger partial charge in [-0.25, -0.2) is 4.79 Å². The number of carbonyl (C=O) groups excluding carboxylic acids is 1. The summed E-state index contributed by atoms with van der Waals surface area (Å²) in [5.74, 6) is 0.581. The van der Waals surface area contributed by atoms with Gasteiger partial charge in [-0.1, -0.05) is 42.8 Å². The van der Waals surface area contributed by atoms with Gasteiger partial charge in [0.25, 0.3) is 0 Å². The zero-order valence-electron chi connectivity index (χ0n) is 18.8. The molecule has 0 N–H and O–H groups in total. The van der Waals surface area contributed by atoms with Gasteiger partial charge in [0, 0.05) is 44.5 Å². The van der Waals surface area contributed by atoms with Crippen molar-refractivity contribution in [3.8, 4) is 0 Å². The minimum atomic E-state index is -0.176. The molecular formula is C27H33N3O2. The Hall–Kier alpha value is -2.53. The lowest BCUT2D eigenvalue weighted by Crippen LogP contribution is -2.52. The summed E-state index contributed by atoms with van der Waals surface area (Å²) in [4.78, 5) is 20.2. The van der Waals surface area contributed by atoms with Crippen molar-refractivity contribution in [3.05, 3.63) is 65.2 Å². The highest BCUT2D eigenvalue weighted by Crippen LogP contribution is 2.50. The summed E-state index contributed by atoms with van der Waals surface area (Å²) < 4.78 is 5.70. The minimum Gasteiger partial charge on any atom is -0.445 e. The lowest BCUT2D eigenvalue weighted by Gasteiger charge is -2.43. The predicted molar refractivity (Wildman–Crippen MR) is 126 cm³/mol. The van der Waals surface area contributed by atoms with E-state index in [-0.39, 0.29) is 12.1 Å². The number of piperidine rings is 1. The highest BCUT2D eigenvalue weighted by Gasteiger charge is 2.41. The molecule has 4 aliphatic rings. The van der Waals surface area contributed by atoms with Crippen LogP contribution in [0.1, 0.15) is 60.8 Å². The molecule has 5 heteroatoms. The smallest absolute Gasteiger partial charge is 0.410 e. The highest BCUT2D eigenvalue weighted by molar-refractivity contribution is 5.70. The van der Waals surface area contributed by atoms with Gasteiger partial charge in [0.05, 0.1) is 6.04 Å². The molecule has 2 aliphatic carbocycles. The van der Waals surface area contributed by atoms with E-state index in [1.165, 1.54) is 49.2 Å². The van der Waals surface area contributed by atoms with Gasteiger partial charge in [-0.3, -0.25) is 4.90 Å². The number of likely N-dealkylation sites (tertiary alicyclic amines) is 1. The molecule has 2 saturated heterocycles. The van der Waals surface area contributed by atoms with Crippen LogP contribution in [0.5, 0.6) is 0 Å². The van der Waals surface area contributed by atoms with Gasteiger partial charge < -0.3 is 14.5 Å². The maximum Gasteiger partial charge on any atom is 0.410 e. The number of benzene rings is 2. The van der Waals surface area contributed by atoms with Gasteiger partial charge >= 0.3 is 6.09 Å². The molecule has 168 valence electrons. The number of nitrogens with zero attached hydrogens (tertiary/aromatic N) is 3. The Labute approximate surface area is 190 Å². The van der Waals surface area contributed by atoms with Gasteiger partial charge in [-0.2, -0.15) is 0 Å². The first-order valence-corrected chi connectivity index (χ1v) is 12.4. The van der Waals surface area contributed by atoms with Crippen LogP contribution in [0.15, 0.2) is 48.5 Å². The second-order valence-electron chi connectivity index (χ2n) is 9.89. The Balaban J connectivity index is 1.15. The molecular weight excluding hydrogens is 398 g/mol. The van der Waals surface area contributed by atoms with Gasteiger partial charge in [0.1, 0.15) is 6.61 Å². The fraction of sp³-hybridized carbons (Fsp3) is 0.519. The van der Waals surface area contributed by atoms with Gasteiger partial charge in [-0.15, -0.1) is 0 Å². The molecule has 5 nitrogen and oxygen atoms in total. The Morgan fingerprint density at radius 2 is 1.72 bits per heavy atom. The highest BCUT2D eigenvalue weighted by atomic mass is 16.6. The van der Waals surface area contributed by atoms with Gasteiger partial charge in [-0.05, 0) is 60.4 Å². The number of hydrogen-bond acceptors (Lipinski definition) is 4. The summed E-state index contributed by atoms with van der Waals surface area (Å²) in [5, 5.41) is 0. The third-order valence-corrected chi connectivity index (χ3v) is 8.18. The lowest BCUT2D eigenvalue weighted by atomic mass is 9.91. The van der Waals surface area contributed by atoms with E-state index in [9.17, 15) is 4.79 Å². The maximum atomic E-state index is 13.0. The quantitative estimate of drug-likeness (QED) is 0.688. The first-order chi connectivity index (χ1) is 15.8. The van der Waals surface area contributed by atoms with Crippen molar-refractivity contribution in [2.45, 2.75) is 56.7 Å². The van der Waals surface area contributed by atoms with Crippen molar-refractivity contribution < 1.29 is 9.53 Å². The molecule has 2 bridgehead atoms. The second kappa shape index (κ2) is 8.43. The van der Waals surface area contributed by atoms with E-state index in [4.69, 9.17) is 4.74 Å². The van der Waals surface area contributed by atoms with Crippen molar-refractivity contribution in [1.82, 2.24) is 9.80 Å². The van der Waals surface area contributed by atoms with Gasteiger partial charge in [0.2, 0.25) is 0 Å². The number of amides is 1. The maximum absolute atomic E-state index is 13.0. The Bertz CT molecular complexity index is 966. The van der Waals surface area contributed by atoms with E-state index in [1.807, 2.05) is 35.2 Å². The van der Waals surface area contributed by atoms with E-state index in [1.54, 1.807) is 0 Å². The zero-order chi connectivity index (χ0) is 21.5. The molecule has 32 heavy (non-hydrogen) atoms. The average Bonchev–Trinajstić information content (AvgIpc) is 3.09. The zero-order valence-corrected chi connectivity index (χ0v) is 18.8. The van der Waals surface area contributed by atoms with E-state index in [0.717, 1.165) is 44.1 Å². The summed E-state index contributed by atoms with van der Waals surface area (Å²) >= 11 is 0. The average molecular weight is 432 g/mol. The molecule has 2 atom stereocenters. The third kappa shape index (κ3) is 3.66. The van der Waals surface area contributed by atoms with Crippen molar-refractivity contribution in [2.24, 2.45) is 0 Å². The third-order valence-electron chi connectivity index (χ3n) is 8.18. The fourth-order valence-electron chi connectivity index (χ4n) is 6.08. The summed E-state index contributed by atoms with van der Waals surface area (Å²) in [5.41, 5.74) is 5.15. The van der Waals surface area contributed by atoms with Crippen molar-refractivity contribution >= 4 is 11.8 Å². The first kappa shape index (κ1) is 20.1. The fourth-order valence-corrected chi connectivity index (χ4v) is 6.08. The second-order valence-corrected chi connectivity index (χ2v) is 9.89. The van der Waals surface area contributed by atoms with Crippen molar-refractivity contribution in [1.29, 1.82) is 0 Å². The number of piperazine rings is 1. The van der Waals surface area contributed by atoms with Crippen LogP contribution in [0.2, 0.25) is 0 Å². The number of fused-ring (bicyclic) bond motifs is 5. The van der Waals surface area contributed by atoms with Crippen LogP contribution in [0.25, 0.3) is 0 Å². The Morgan fingerprint density at radius 1 is 0.906 bits per heavy atom. The molecule has 6 rings (SSSR count). The molecule has 3 fully saturated rings. The molecule has 2 aromatic rings. The molecule has 0 spiro atoms. The molecule has 0 aromatic heterocycles. The molecule has 1 amide bonds. The van der Waals surface area contributed by atoms with Crippen LogP contribution in [0.3, 0.4) is 0 Å². The predicted octanol–water partition coefficient (Wildman–Crippen LogP) is 4.93. The Morgan fingerprint density at radius 3 is 2.47 bits per heavy atom. The van der Waals surface area contributed by atoms with Crippen LogP contribution >= 0.6 is 0 Å². The van der Waals surface area contributed by atoms with Crippen LogP contribution in [-0.2, 0) is 11.3 Å². The molecule has 2 heterocycles. The lowest BCUT2D eigenvalue weighted by molar-refractivity contribution is 0.0694. The molecule has 2 aliphatic heterocycles. The van der Waals surface area contributed by atoms with Crippen LogP contribution in [0, 0.1) is 0 Å².